The first-order valence-corrected chi connectivity index (χ1v) is 8.26. The van der Waals surface area contributed by atoms with E-state index in [2.05, 4.69) is 47.5 Å². The number of halogens is 1. The van der Waals surface area contributed by atoms with Crippen molar-refractivity contribution in [3.8, 4) is 0 Å². The zero-order chi connectivity index (χ0) is 13.8. The summed E-state index contributed by atoms with van der Waals surface area (Å²) in [5.74, 6) is 0.907. The number of piperidine rings is 1. The molecule has 1 atom stereocenters. The molecule has 1 N–H and O–H groups in total. The molecule has 3 heteroatoms. The van der Waals surface area contributed by atoms with E-state index in [9.17, 15) is 0 Å². The Morgan fingerprint density at radius 2 is 1.90 bits per heavy atom. The van der Waals surface area contributed by atoms with Crippen LogP contribution in [0.1, 0.15) is 38.2 Å². The van der Waals surface area contributed by atoms with E-state index < -0.39 is 0 Å². The van der Waals surface area contributed by atoms with Crippen LogP contribution in [-0.2, 0) is 6.42 Å². The molecule has 2 saturated heterocycles. The van der Waals surface area contributed by atoms with Crippen LogP contribution in [0, 0.1) is 5.92 Å². The van der Waals surface area contributed by atoms with Gasteiger partial charge in [0.2, 0.25) is 0 Å². The van der Waals surface area contributed by atoms with Gasteiger partial charge in [-0.1, -0.05) is 30.3 Å². The van der Waals surface area contributed by atoms with E-state index in [-0.39, 0.29) is 12.4 Å². The van der Waals surface area contributed by atoms with Gasteiger partial charge in [-0.15, -0.1) is 12.4 Å². The van der Waals surface area contributed by atoms with Gasteiger partial charge in [0.15, 0.2) is 0 Å². The van der Waals surface area contributed by atoms with Crippen molar-refractivity contribution in [2.75, 3.05) is 26.2 Å². The minimum absolute atomic E-state index is 0. The molecule has 1 aromatic carbocycles. The highest BCUT2D eigenvalue weighted by atomic mass is 35.5. The molecule has 0 saturated carbocycles. The predicted molar refractivity (Wildman–Crippen MR) is 92.2 cm³/mol. The van der Waals surface area contributed by atoms with Gasteiger partial charge >= 0.3 is 0 Å². The molecule has 0 radical (unpaired) electrons. The van der Waals surface area contributed by atoms with Gasteiger partial charge in [-0.3, -0.25) is 4.90 Å². The summed E-state index contributed by atoms with van der Waals surface area (Å²) >= 11 is 0. The predicted octanol–water partition coefficient (Wildman–Crippen LogP) is 3.51. The first kappa shape index (κ1) is 16.8. The van der Waals surface area contributed by atoms with Crippen molar-refractivity contribution in [2.45, 2.75) is 44.6 Å². The number of benzene rings is 1. The Hall–Kier alpha value is -0.570. The second-order valence-electron chi connectivity index (χ2n) is 6.90. The number of nitrogens with one attached hydrogen (secondary N) is 1. The van der Waals surface area contributed by atoms with Crippen LogP contribution in [0.5, 0.6) is 0 Å². The molecule has 1 unspecified atom stereocenters. The second kappa shape index (κ2) is 7.62. The number of hydrogen-bond donors (Lipinski definition) is 1. The van der Waals surface area contributed by atoms with Gasteiger partial charge in [-0.05, 0) is 70.1 Å². The van der Waals surface area contributed by atoms with Crippen molar-refractivity contribution in [3.63, 3.8) is 0 Å². The average molecular weight is 309 g/mol. The van der Waals surface area contributed by atoms with Gasteiger partial charge in [0.05, 0.1) is 0 Å². The molecule has 0 bridgehead atoms. The Morgan fingerprint density at radius 1 is 1.19 bits per heavy atom. The molecule has 2 aliphatic heterocycles. The van der Waals surface area contributed by atoms with E-state index in [0.29, 0.717) is 5.54 Å². The number of nitrogens with zero attached hydrogens (tertiary/aromatic N) is 1. The highest BCUT2D eigenvalue weighted by molar-refractivity contribution is 5.85. The summed E-state index contributed by atoms with van der Waals surface area (Å²) in [5.41, 5.74) is 1.87. The van der Waals surface area contributed by atoms with Crippen LogP contribution in [0.25, 0.3) is 0 Å². The summed E-state index contributed by atoms with van der Waals surface area (Å²) in [5, 5.41) is 3.48. The van der Waals surface area contributed by atoms with Crippen LogP contribution < -0.4 is 5.32 Å². The lowest BCUT2D eigenvalue weighted by molar-refractivity contribution is 0.120. The van der Waals surface area contributed by atoms with Crippen LogP contribution in [0.15, 0.2) is 30.3 Å². The minimum atomic E-state index is 0. The quantitative estimate of drug-likeness (QED) is 0.916. The minimum Gasteiger partial charge on any atom is -0.317 e. The van der Waals surface area contributed by atoms with Gasteiger partial charge in [0.1, 0.15) is 0 Å². The van der Waals surface area contributed by atoms with Crippen LogP contribution in [0.4, 0.5) is 0 Å². The number of hydrogen-bond acceptors (Lipinski definition) is 2. The summed E-state index contributed by atoms with van der Waals surface area (Å²) in [7, 11) is 0. The molecule has 2 nitrogen and oxygen atoms in total. The monoisotopic (exact) mass is 308 g/mol. The lowest BCUT2D eigenvalue weighted by Gasteiger charge is -2.38. The third-order valence-corrected chi connectivity index (χ3v) is 5.27. The normalized spacial score (nSPS) is 27.5. The first-order valence-electron chi connectivity index (χ1n) is 8.26. The molecule has 0 amide bonds. The van der Waals surface area contributed by atoms with Crippen molar-refractivity contribution in [1.82, 2.24) is 10.2 Å². The highest BCUT2D eigenvalue weighted by Crippen LogP contribution is 2.33. The molecule has 118 valence electrons. The molecule has 0 aliphatic carbocycles. The first-order chi connectivity index (χ1) is 9.76. The van der Waals surface area contributed by atoms with Crippen molar-refractivity contribution in [1.29, 1.82) is 0 Å². The maximum atomic E-state index is 3.48. The van der Waals surface area contributed by atoms with Crippen LogP contribution in [0.3, 0.4) is 0 Å². The summed E-state index contributed by atoms with van der Waals surface area (Å²) in [4.78, 5) is 2.79. The summed E-state index contributed by atoms with van der Waals surface area (Å²) in [6, 6.07) is 11.0. The van der Waals surface area contributed by atoms with E-state index in [1.54, 1.807) is 0 Å². The van der Waals surface area contributed by atoms with E-state index in [4.69, 9.17) is 0 Å². The Bertz CT molecular complexity index is 416. The zero-order valence-electron chi connectivity index (χ0n) is 13.2. The van der Waals surface area contributed by atoms with Gasteiger partial charge in [-0.25, -0.2) is 0 Å². The molecule has 0 aromatic heterocycles. The van der Waals surface area contributed by atoms with Crippen LogP contribution in [-0.4, -0.2) is 36.6 Å². The molecule has 21 heavy (non-hydrogen) atoms. The molecular formula is C18H29ClN2. The van der Waals surface area contributed by atoms with Gasteiger partial charge in [-0.2, -0.15) is 0 Å². The smallest absolute Gasteiger partial charge is 0.0222 e. The lowest BCUT2D eigenvalue weighted by atomic mass is 9.88. The van der Waals surface area contributed by atoms with E-state index in [1.807, 2.05) is 0 Å². The molecule has 1 aromatic rings. The number of rotatable bonds is 4. The Morgan fingerprint density at radius 3 is 2.62 bits per heavy atom. The number of likely N-dealkylation sites (tertiary alicyclic amines) is 1. The SMILES string of the molecule is CC1(Cc2ccccc2)CCCN1CC1CCNCC1.Cl. The van der Waals surface area contributed by atoms with Gasteiger partial charge < -0.3 is 5.32 Å². The Balaban J connectivity index is 0.00000161. The fraction of sp³-hybridized carbons (Fsp3) is 0.667. The van der Waals surface area contributed by atoms with E-state index >= 15 is 0 Å². The topological polar surface area (TPSA) is 15.3 Å². The standard InChI is InChI=1S/C18H28N2.ClH/c1-18(14-16-6-3-2-4-7-16)10-5-13-20(18)15-17-8-11-19-12-9-17;/h2-4,6-7,17,19H,5,8-15H2,1H3;1H. The Kier molecular flexibility index (Phi) is 6.09. The molecular weight excluding hydrogens is 280 g/mol. The molecule has 3 rings (SSSR count). The van der Waals surface area contributed by atoms with Gasteiger partial charge in [0, 0.05) is 12.1 Å². The molecule has 0 spiro atoms. The highest BCUT2D eigenvalue weighted by Gasteiger charge is 2.37. The van der Waals surface area contributed by atoms with Crippen molar-refractivity contribution >= 4 is 12.4 Å². The maximum Gasteiger partial charge on any atom is 0.0222 e. The second-order valence-corrected chi connectivity index (χ2v) is 6.90. The third-order valence-electron chi connectivity index (χ3n) is 5.27. The van der Waals surface area contributed by atoms with Crippen molar-refractivity contribution in [3.05, 3.63) is 35.9 Å². The van der Waals surface area contributed by atoms with E-state index in [1.165, 1.54) is 63.8 Å². The zero-order valence-corrected chi connectivity index (χ0v) is 14.0. The summed E-state index contributed by atoms with van der Waals surface area (Å²) in [6.45, 7) is 7.52. The molecule has 2 heterocycles. The summed E-state index contributed by atoms with van der Waals surface area (Å²) < 4.78 is 0. The molecule has 2 fully saturated rings. The van der Waals surface area contributed by atoms with Crippen molar-refractivity contribution < 1.29 is 0 Å². The third kappa shape index (κ3) is 4.21. The van der Waals surface area contributed by atoms with Crippen LogP contribution >= 0.6 is 12.4 Å². The molecule has 2 aliphatic rings. The lowest BCUT2D eigenvalue weighted by Crippen LogP contribution is -2.46. The fourth-order valence-corrected chi connectivity index (χ4v) is 4.00. The van der Waals surface area contributed by atoms with Crippen molar-refractivity contribution in [2.24, 2.45) is 5.92 Å². The fourth-order valence-electron chi connectivity index (χ4n) is 4.00. The summed E-state index contributed by atoms with van der Waals surface area (Å²) in [6.07, 6.45) is 6.65. The Labute approximate surface area is 135 Å². The van der Waals surface area contributed by atoms with E-state index in [0.717, 1.165) is 5.92 Å². The average Bonchev–Trinajstić information content (AvgIpc) is 2.82. The van der Waals surface area contributed by atoms with Gasteiger partial charge in [0.25, 0.3) is 0 Å². The largest absolute Gasteiger partial charge is 0.317 e. The maximum absolute atomic E-state index is 3.48. The van der Waals surface area contributed by atoms with Crippen LogP contribution in [0.2, 0.25) is 0 Å².